The average molecular weight is 828 g/mol. The van der Waals surface area contributed by atoms with E-state index in [2.05, 4.69) is 278 Å². The minimum absolute atomic E-state index is 1.08. The Morgan fingerprint density at radius 1 is 0.185 bits per heavy atom. The van der Waals surface area contributed by atoms with E-state index in [-0.39, 0.29) is 0 Å². The van der Waals surface area contributed by atoms with Crippen LogP contribution in [0.3, 0.4) is 0 Å². The number of anilines is 3. The molecule has 11 rings (SSSR count). The summed E-state index contributed by atoms with van der Waals surface area (Å²) in [5.74, 6) is 0. The second-order valence-corrected chi connectivity index (χ2v) is 16.5. The van der Waals surface area contributed by atoms with Crippen LogP contribution in [-0.2, 0) is 0 Å². The number of rotatable bonds is 10. The van der Waals surface area contributed by atoms with Crippen LogP contribution in [0.4, 0.5) is 17.1 Å². The van der Waals surface area contributed by atoms with Gasteiger partial charge in [-0.05, 0) is 126 Å². The molecule has 0 aliphatic heterocycles. The van der Waals surface area contributed by atoms with Crippen LogP contribution in [0.25, 0.3) is 88.7 Å². The summed E-state index contributed by atoms with van der Waals surface area (Å²) in [5, 5.41) is 2.48. The maximum absolute atomic E-state index is 2.41. The second kappa shape index (κ2) is 17.7. The van der Waals surface area contributed by atoms with E-state index >= 15 is 0 Å². The van der Waals surface area contributed by atoms with Crippen molar-refractivity contribution in [1.29, 1.82) is 0 Å². The molecule has 0 aliphatic carbocycles. The van der Waals surface area contributed by atoms with E-state index in [9.17, 15) is 0 Å². The van der Waals surface area contributed by atoms with Crippen LogP contribution < -0.4 is 4.90 Å². The molecule has 0 unspecified atom stereocenters. The minimum atomic E-state index is 1.08. The standard InChI is InChI=1S/C64H45N/c1-4-16-46(17-5-1)49-28-30-50(31-29-49)51-34-39-57(40-35-51)65(58-41-36-52(37-42-58)55-33-32-48-20-10-11-23-54(48)44-55)64-27-15-14-26-62(64)60-24-12-13-25-61(60)63-45-56(47-18-6-2-7-19-47)38-43-59(63)53-21-8-3-9-22-53/h1-45H. The molecule has 0 bridgehead atoms. The lowest BCUT2D eigenvalue weighted by Crippen LogP contribution is -2.11. The highest BCUT2D eigenvalue weighted by Gasteiger charge is 2.21. The lowest BCUT2D eigenvalue weighted by molar-refractivity contribution is 1.28. The van der Waals surface area contributed by atoms with Gasteiger partial charge in [0.25, 0.3) is 0 Å². The highest BCUT2D eigenvalue weighted by atomic mass is 15.1. The largest absolute Gasteiger partial charge is 0.310 e. The summed E-state index contributed by atoms with van der Waals surface area (Å²) in [6.07, 6.45) is 0. The van der Waals surface area contributed by atoms with Crippen molar-refractivity contribution in [3.8, 4) is 77.9 Å². The molecule has 0 N–H and O–H groups in total. The summed E-state index contributed by atoms with van der Waals surface area (Å²) in [6.45, 7) is 0. The van der Waals surface area contributed by atoms with Gasteiger partial charge in [-0.3, -0.25) is 0 Å². The first kappa shape index (κ1) is 39.3. The van der Waals surface area contributed by atoms with Crippen LogP contribution in [0.5, 0.6) is 0 Å². The Morgan fingerprint density at radius 3 is 1.14 bits per heavy atom. The van der Waals surface area contributed by atoms with E-state index in [4.69, 9.17) is 0 Å². The summed E-state index contributed by atoms with van der Waals surface area (Å²) in [6, 6.07) is 98.9. The third-order valence-corrected chi connectivity index (χ3v) is 12.5. The number of para-hydroxylation sites is 1. The highest BCUT2D eigenvalue weighted by molar-refractivity contribution is 5.98. The number of hydrogen-bond acceptors (Lipinski definition) is 1. The molecule has 0 aliphatic rings. The van der Waals surface area contributed by atoms with E-state index in [1.54, 1.807) is 0 Å². The van der Waals surface area contributed by atoms with E-state index < -0.39 is 0 Å². The van der Waals surface area contributed by atoms with Gasteiger partial charge in [0, 0.05) is 16.9 Å². The zero-order valence-electron chi connectivity index (χ0n) is 35.9. The smallest absolute Gasteiger partial charge is 0.0540 e. The molecule has 1 nitrogen and oxygen atoms in total. The Kier molecular flexibility index (Phi) is 10.7. The highest BCUT2D eigenvalue weighted by Crippen LogP contribution is 2.46. The molecule has 0 aromatic heterocycles. The number of hydrogen-bond donors (Lipinski definition) is 0. The fourth-order valence-corrected chi connectivity index (χ4v) is 9.18. The molecule has 11 aromatic carbocycles. The Bertz CT molecular complexity index is 3370. The molecular formula is C64H45N. The summed E-state index contributed by atoms with van der Waals surface area (Å²) in [7, 11) is 0. The van der Waals surface area contributed by atoms with Crippen molar-refractivity contribution in [1.82, 2.24) is 0 Å². The molecule has 0 heterocycles. The van der Waals surface area contributed by atoms with Gasteiger partial charge in [0.1, 0.15) is 0 Å². The van der Waals surface area contributed by atoms with Crippen molar-refractivity contribution in [2.24, 2.45) is 0 Å². The first-order valence-electron chi connectivity index (χ1n) is 22.3. The molecular weight excluding hydrogens is 783 g/mol. The van der Waals surface area contributed by atoms with Crippen molar-refractivity contribution in [2.75, 3.05) is 4.90 Å². The average Bonchev–Trinajstić information content (AvgIpc) is 3.40. The van der Waals surface area contributed by atoms with Crippen LogP contribution in [0.1, 0.15) is 0 Å². The van der Waals surface area contributed by atoms with Gasteiger partial charge in [0.05, 0.1) is 5.69 Å². The summed E-state index contributed by atoms with van der Waals surface area (Å²) in [5.41, 5.74) is 19.9. The Balaban J connectivity index is 1.04. The fraction of sp³-hybridized carbons (Fsp3) is 0. The van der Waals surface area contributed by atoms with Crippen molar-refractivity contribution in [3.63, 3.8) is 0 Å². The van der Waals surface area contributed by atoms with Gasteiger partial charge in [0.15, 0.2) is 0 Å². The van der Waals surface area contributed by atoms with Gasteiger partial charge < -0.3 is 4.90 Å². The summed E-state index contributed by atoms with van der Waals surface area (Å²) >= 11 is 0. The van der Waals surface area contributed by atoms with Gasteiger partial charge in [0.2, 0.25) is 0 Å². The molecule has 0 saturated heterocycles. The van der Waals surface area contributed by atoms with Gasteiger partial charge in [-0.15, -0.1) is 0 Å². The summed E-state index contributed by atoms with van der Waals surface area (Å²) in [4.78, 5) is 2.41. The first-order valence-corrected chi connectivity index (χ1v) is 22.3. The molecule has 1 heteroatoms. The van der Waals surface area contributed by atoms with Gasteiger partial charge in [-0.25, -0.2) is 0 Å². The monoisotopic (exact) mass is 827 g/mol. The third kappa shape index (κ3) is 8.04. The molecule has 0 spiro atoms. The van der Waals surface area contributed by atoms with Crippen molar-refractivity contribution in [3.05, 3.63) is 273 Å². The van der Waals surface area contributed by atoms with Gasteiger partial charge in [-0.2, -0.15) is 0 Å². The van der Waals surface area contributed by atoms with E-state index in [1.165, 1.54) is 83.1 Å². The lowest BCUT2D eigenvalue weighted by atomic mass is 9.87. The summed E-state index contributed by atoms with van der Waals surface area (Å²) < 4.78 is 0. The molecule has 11 aromatic rings. The van der Waals surface area contributed by atoms with Crippen LogP contribution in [0.15, 0.2) is 273 Å². The molecule has 0 saturated carbocycles. The number of fused-ring (bicyclic) bond motifs is 1. The van der Waals surface area contributed by atoms with Crippen LogP contribution in [0.2, 0.25) is 0 Å². The quantitative estimate of drug-likeness (QED) is 0.133. The lowest BCUT2D eigenvalue weighted by Gasteiger charge is -2.29. The predicted molar refractivity (Wildman–Crippen MR) is 277 cm³/mol. The SMILES string of the molecule is c1ccc(-c2ccc(-c3ccc(N(c4ccc(-c5ccc6ccccc6c5)cc4)c4ccccc4-c4ccccc4-c4cc(-c5ccccc5)ccc4-c4ccccc4)cc3)cc2)cc1. The maximum atomic E-state index is 2.41. The normalized spacial score (nSPS) is 11.1. The van der Waals surface area contributed by atoms with E-state index in [0.717, 1.165) is 22.6 Å². The van der Waals surface area contributed by atoms with Crippen molar-refractivity contribution < 1.29 is 0 Å². The van der Waals surface area contributed by atoms with Gasteiger partial charge >= 0.3 is 0 Å². The number of nitrogens with zero attached hydrogens (tertiary/aromatic N) is 1. The topological polar surface area (TPSA) is 3.24 Å². The molecule has 0 radical (unpaired) electrons. The Morgan fingerprint density at radius 2 is 0.554 bits per heavy atom. The predicted octanol–water partition coefficient (Wildman–Crippen LogP) is 18.0. The fourth-order valence-electron chi connectivity index (χ4n) is 9.18. The first-order chi connectivity index (χ1) is 32.2. The van der Waals surface area contributed by atoms with Crippen LogP contribution >= 0.6 is 0 Å². The minimum Gasteiger partial charge on any atom is -0.310 e. The zero-order valence-corrected chi connectivity index (χ0v) is 35.9. The Labute approximate surface area is 381 Å². The second-order valence-electron chi connectivity index (χ2n) is 16.5. The van der Waals surface area contributed by atoms with Crippen LogP contribution in [-0.4, -0.2) is 0 Å². The molecule has 0 fully saturated rings. The van der Waals surface area contributed by atoms with Crippen molar-refractivity contribution in [2.45, 2.75) is 0 Å². The van der Waals surface area contributed by atoms with E-state index in [0.29, 0.717) is 0 Å². The third-order valence-electron chi connectivity index (χ3n) is 12.5. The van der Waals surface area contributed by atoms with Crippen LogP contribution in [0, 0.1) is 0 Å². The van der Waals surface area contributed by atoms with E-state index in [1.807, 2.05) is 0 Å². The maximum Gasteiger partial charge on any atom is 0.0540 e. The van der Waals surface area contributed by atoms with Gasteiger partial charge in [-0.1, -0.05) is 231 Å². The molecule has 0 amide bonds. The zero-order chi connectivity index (χ0) is 43.4. The molecule has 0 atom stereocenters. The molecule has 306 valence electrons. The number of benzene rings is 11. The van der Waals surface area contributed by atoms with Crippen molar-refractivity contribution >= 4 is 27.8 Å². The Hall–Kier alpha value is -8.52. The molecule has 65 heavy (non-hydrogen) atoms.